The molecule has 0 amide bonds. The fraction of sp³-hybridized carbons (Fsp3) is 0.286. The van der Waals surface area contributed by atoms with Crippen LogP contribution >= 0.6 is 15.9 Å². The molecule has 106 valence electrons. The molecule has 0 aliphatic rings. The molecule has 0 aliphatic heterocycles. The van der Waals surface area contributed by atoms with Gasteiger partial charge in [0.25, 0.3) is 5.56 Å². The minimum atomic E-state index is -0.152. The topological polar surface area (TPSA) is 56.2 Å². The first-order valence-electron chi connectivity index (χ1n) is 6.24. The quantitative estimate of drug-likeness (QED) is 0.910. The zero-order valence-corrected chi connectivity index (χ0v) is 12.9. The summed E-state index contributed by atoms with van der Waals surface area (Å²) in [5.41, 5.74) is -0.152. The van der Waals surface area contributed by atoms with Crippen LogP contribution in [0.1, 0.15) is 6.92 Å². The maximum Gasteiger partial charge on any atom is 0.293 e. The second kappa shape index (κ2) is 6.56. The summed E-state index contributed by atoms with van der Waals surface area (Å²) < 4.78 is 8.18. The highest BCUT2D eigenvalue weighted by Gasteiger charge is 2.08. The van der Waals surface area contributed by atoms with E-state index in [9.17, 15) is 4.79 Å². The van der Waals surface area contributed by atoms with Crippen LogP contribution in [0.2, 0.25) is 0 Å². The van der Waals surface area contributed by atoms with E-state index in [1.165, 1.54) is 4.57 Å². The molecule has 0 bridgehead atoms. The fourth-order valence-electron chi connectivity index (χ4n) is 1.66. The van der Waals surface area contributed by atoms with Gasteiger partial charge in [-0.15, -0.1) is 0 Å². The van der Waals surface area contributed by atoms with E-state index in [0.29, 0.717) is 12.4 Å². The second-order valence-corrected chi connectivity index (χ2v) is 5.29. The molecule has 20 heavy (non-hydrogen) atoms. The lowest BCUT2D eigenvalue weighted by Crippen LogP contribution is -2.28. The Bertz CT molecular complexity index is 642. The first-order valence-corrected chi connectivity index (χ1v) is 7.04. The maximum absolute atomic E-state index is 11.8. The average molecular weight is 338 g/mol. The van der Waals surface area contributed by atoms with Gasteiger partial charge in [0, 0.05) is 19.4 Å². The van der Waals surface area contributed by atoms with E-state index in [4.69, 9.17) is 4.74 Å². The zero-order chi connectivity index (χ0) is 14.5. The molecular formula is C14H16BrN3O2. The van der Waals surface area contributed by atoms with Gasteiger partial charge in [0.15, 0.2) is 5.82 Å². The number of rotatable bonds is 5. The van der Waals surface area contributed by atoms with Crippen LogP contribution < -0.4 is 15.6 Å². The van der Waals surface area contributed by atoms with Crippen molar-refractivity contribution in [1.82, 2.24) is 9.55 Å². The van der Waals surface area contributed by atoms with Crippen molar-refractivity contribution in [1.29, 1.82) is 0 Å². The molecule has 2 rings (SSSR count). The van der Waals surface area contributed by atoms with Crippen LogP contribution in [-0.4, -0.2) is 22.2 Å². The first-order chi connectivity index (χ1) is 9.58. The van der Waals surface area contributed by atoms with Gasteiger partial charge in [0.05, 0.1) is 11.0 Å². The van der Waals surface area contributed by atoms with Gasteiger partial charge in [-0.1, -0.05) is 12.1 Å². The van der Waals surface area contributed by atoms with Crippen LogP contribution in [0.25, 0.3) is 0 Å². The van der Waals surface area contributed by atoms with Crippen LogP contribution in [0.15, 0.2) is 45.9 Å². The van der Waals surface area contributed by atoms with Crippen LogP contribution in [0, 0.1) is 0 Å². The summed E-state index contributed by atoms with van der Waals surface area (Å²) >= 11 is 3.43. The van der Waals surface area contributed by atoms with Crippen molar-refractivity contribution in [2.45, 2.75) is 13.0 Å². The lowest BCUT2D eigenvalue weighted by molar-refractivity contribution is 0.233. The summed E-state index contributed by atoms with van der Waals surface area (Å²) in [6.45, 7) is 2.42. The van der Waals surface area contributed by atoms with Gasteiger partial charge in [-0.2, -0.15) is 0 Å². The minimum absolute atomic E-state index is 0.0968. The molecule has 0 fully saturated rings. The molecule has 0 spiro atoms. The average Bonchev–Trinajstić information content (AvgIpc) is 2.43. The monoisotopic (exact) mass is 337 g/mol. The first kappa shape index (κ1) is 14.6. The molecule has 2 aromatic rings. The Hall–Kier alpha value is -1.82. The number of hydrogen-bond donors (Lipinski definition) is 1. The van der Waals surface area contributed by atoms with Gasteiger partial charge >= 0.3 is 0 Å². The lowest BCUT2D eigenvalue weighted by Gasteiger charge is -2.16. The van der Waals surface area contributed by atoms with Crippen molar-refractivity contribution < 1.29 is 4.74 Å². The Balaban J connectivity index is 1.96. The Kier molecular flexibility index (Phi) is 4.79. The number of anilines is 1. The number of aromatic nitrogens is 2. The Morgan fingerprint density at radius 2 is 2.20 bits per heavy atom. The van der Waals surface area contributed by atoms with E-state index in [-0.39, 0.29) is 11.7 Å². The SMILES string of the molecule is C[C@H](CNc1nccn(C)c1=O)Oc1ccccc1Br. The van der Waals surface area contributed by atoms with Gasteiger partial charge in [-0.3, -0.25) is 4.79 Å². The van der Waals surface area contributed by atoms with Crippen molar-refractivity contribution >= 4 is 21.7 Å². The standard InChI is InChI=1S/C14H16BrN3O2/c1-10(20-12-6-4-3-5-11(12)15)9-17-13-14(19)18(2)8-7-16-13/h3-8,10H,9H2,1-2H3,(H,16,17)/t10-/m1/s1. The largest absolute Gasteiger partial charge is 0.488 e. The van der Waals surface area contributed by atoms with Crippen molar-refractivity contribution in [3.8, 4) is 5.75 Å². The molecular weight excluding hydrogens is 322 g/mol. The second-order valence-electron chi connectivity index (χ2n) is 4.43. The van der Waals surface area contributed by atoms with E-state index >= 15 is 0 Å². The highest BCUT2D eigenvalue weighted by molar-refractivity contribution is 9.10. The van der Waals surface area contributed by atoms with Crippen molar-refractivity contribution in [2.75, 3.05) is 11.9 Å². The third-order valence-corrected chi connectivity index (χ3v) is 3.39. The smallest absolute Gasteiger partial charge is 0.293 e. The zero-order valence-electron chi connectivity index (χ0n) is 11.3. The Labute approximate surface area is 125 Å². The summed E-state index contributed by atoms with van der Waals surface area (Å²) in [5.74, 6) is 1.10. The fourth-order valence-corrected chi connectivity index (χ4v) is 2.04. The number of hydrogen-bond acceptors (Lipinski definition) is 4. The molecule has 1 N–H and O–H groups in total. The molecule has 0 saturated carbocycles. The molecule has 0 saturated heterocycles. The molecule has 6 heteroatoms. The van der Waals surface area contributed by atoms with E-state index in [1.807, 2.05) is 31.2 Å². The third-order valence-electron chi connectivity index (χ3n) is 2.74. The van der Waals surface area contributed by atoms with Gasteiger partial charge in [0.1, 0.15) is 11.9 Å². The number of aryl methyl sites for hydroxylation is 1. The normalized spacial score (nSPS) is 11.9. The summed E-state index contributed by atoms with van der Waals surface area (Å²) in [5, 5.41) is 3.01. The molecule has 1 aromatic heterocycles. The maximum atomic E-state index is 11.8. The van der Waals surface area contributed by atoms with Crippen LogP contribution in [-0.2, 0) is 7.05 Å². The van der Waals surface area contributed by atoms with Crippen LogP contribution in [0.5, 0.6) is 5.75 Å². The van der Waals surface area contributed by atoms with E-state index in [1.54, 1.807) is 19.4 Å². The highest BCUT2D eigenvalue weighted by Crippen LogP contribution is 2.24. The number of para-hydroxylation sites is 1. The van der Waals surface area contributed by atoms with E-state index < -0.39 is 0 Å². The van der Waals surface area contributed by atoms with Crippen molar-refractivity contribution in [3.63, 3.8) is 0 Å². The van der Waals surface area contributed by atoms with Crippen molar-refractivity contribution in [2.24, 2.45) is 7.05 Å². The van der Waals surface area contributed by atoms with Crippen molar-refractivity contribution in [3.05, 3.63) is 51.5 Å². The van der Waals surface area contributed by atoms with Crippen LogP contribution in [0.4, 0.5) is 5.82 Å². The molecule has 1 aromatic carbocycles. The van der Waals surface area contributed by atoms with Gasteiger partial charge in [0.2, 0.25) is 0 Å². The summed E-state index contributed by atoms with van der Waals surface area (Å²) in [6, 6.07) is 7.65. The lowest BCUT2D eigenvalue weighted by atomic mass is 10.3. The summed E-state index contributed by atoms with van der Waals surface area (Å²) in [4.78, 5) is 15.8. The number of benzene rings is 1. The Morgan fingerprint density at radius 3 is 2.95 bits per heavy atom. The summed E-state index contributed by atoms with van der Waals surface area (Å²) in [6.07, 6.45) is 3.11. The highest BCUT2D eigenvalue weighted by atomic mass is 79.9. The molecule has 0 aliphatic carbocycles. The van der Waals surface area contributed by atoms with Gasteiger partial charge in [-0.25, -0.2) is 4.98 Å². The third kappa shape index (κ3) is 3.60. The molecule has 1 atom stereocenters. The van der Waals surface area contributed by atoms with E-state index in [2.05, 4.69) is 26.2 Å². The summed E-state index contributed by atoms with van der Waals surface area (Å²) in [7, 11) is 1.69. The molecule has 0 unspecified atom stereocenters. The number of nitrogens with zero attached hydrogens (tertiary/aromatic N) is 2. The van der Waals surface area contributed by atoms with Gasteiger partial charge in [-0.05, 0) is 35.0 Å². The van der Waals surface area contributed by atoms with Crippen LogP contribution in [0.3, 0.4) is 0 Å². The predicted molar refractivity (Wildman–Crippen MR) is 82.2 cm³/mol. The molecule has 5 nitrogen and oxygen atoms in total. The number of nitrogens with one attached hydrogen (secondary N) is 1. The number of ether oxygens (including phenoxy) is 1. The molecule has 0 radical (unpaired) electrons. The predicted octanol–water partition coefficient (Wildman–Crippen LogP) is 2.42. The molecule has 1 heterocycles. The minimum Gasteiger partial charge on any atom is -0.488 e. The Morgan fingerprint density at radius 1 is 1.45 bits per heavy atom. The van der Waals surface area contributed by atoms with E-state index in [0.717, 1.165) is 10.2 Å². The number of halogens is 1. The van der Waals surface area contributed by atoms with Gasteiger partial charge < -0.3 is 14.6 Å².